The van der Waals surface area contributed by atoms with Crippen molar-refractivity contribution < 1.29 is 4.79 Å². The van der Waals surface area contributed by atoms with E-state index in [1.54, 1.807) is 0 Å². The molecular formula is C20H29N5O. The standard InChI is InChI=1S/C20H29N5O/c1-14-7-5-6-8-16(14)13-20(3,4)22-19(26)18-15(2)25(24-23-18)17-9-11-21-12-10-17/h5-8,17,21H,9-13H2,1-4H3,(H,22,26). The SMILES string of the molecule is Cc1ccccc1CC(C)(C)NC(=O)c1nnn(C2CCNCC2)c1C. The van der Waals surface area contributed by atoms with Gasteiger partial charge in [-0.2, -0.15) is 0 Å². The Labute approximate surface area is 155 Å². The number of hydrogen-bond donors (Lipinski definition) is 2. The van der Waals surface area contributed by atoms with Gasteiger partial charge in [0.1, 0.15) is 0 Å². The summed E-state index contributed by atoms with van der Waals surface area (Å²) in [7, 11) is 0. The van der Waals surface area contributed by atoms with E-state index in [-0.39, 0.29) is 11.4 Å². The highest BCUT2D eigenvalue weighted by molar-refractivity contribution is 5.93. The Morgan fingerprint density at radius 3 is 2.65 bits per heavy atom. The van der Waals surface area contributed by atoms with Crippen LogP contribution in [0, 0.1) is 13.8 Å². The van der Waals surface area contributed by atoms with E-state index < -0.39 is 0 Å². The van der Waals surface area contributed by atoms with Crippen LogP contribution in [-0.2, 0) is 6.42 Å². The lowest BCUT2D eigenvalue weighted by Crippen LogP contribution is -2.45. The van der Waals surface area contributed by atoms with Crippen LogP contribution in [0.3, 0.4) is 0 Å². The Kier molecular flexibility index (Phi) is 5.41. The van der Waals surface area contributed by atoms with Crippen molar-refractivity contribution in [2.45, 2.75) is 58.5 Å². The minimum atomic E-state index is -0.367. The van der Waals surface area contributed by atoms with Crippen molar-refractivity contribution in [1.82, 2.24) is 25.6 Å². The smallest absolute Gasteiger partial charge is 0.274 e. The molecule has 0 saturated carbocycles. The molecule has 3 rings (SSSR count). The molecule has 1 amide bonds. The molecule has 0 spiro atoms. The van der Waals surface area contributed by atoms with Crippen molar-refractivity contribution in [3.63, 3.8) is 0 Å². The molecule has 2 aromatic rings. The van der Waals surface area contributed by atoms with Gasteiger partial charge in [0, 0.05) is 5.54 Å². The number of piperidine rings is 1. The second-order valence-electron chi connectivity index (χ2n) is 7.89. The Bertz CT molecular complexity index is 774. The third-order valence-corrected chi connectivity index (χ3v) is 5.14. The molecule has 1 fully saturated rings. The first-order valence-corrected chi connectivity index (χ1v) is 9.37. The van der Waals surface area contributed by atoms with Crippen molar-refractivity contribution in [2.75, 3.05) is 13.1 Å². The number of amides is 1. The zero-order valence-corrected chi connectivity index (χ0v) is 16.2. The average Bonchev–Trinajstić information content (AvgIpc) is 2.99. The maximum atomic E-state index is 12.8. The fourth-order valence-electron chi connectivity index (χ4n) is 3.64. The molecule has 1 aliphatic rings. The van der Waals surface area contributed by atoms with Crippen LogP contribution in [0.4, 0.5) is 0 Å². The molecule has 0 atom stereocenters. The van der Waals surface area contributed by atoms with E-state index in [0.717, 1.165) is 38.0 Å². The van der Waals surface area contributed by atoms with E-state index in [2.05, 4.69) is 40.0 Å². The van der Waals surface area contributed by atoms with Crippen LogP contribution in [-0.4, -0.2) is 39.5 Å². The summed E-state index contributed by atoms with van der Waals surface area (Å²) in [6, 6.07) is 8.61. The lowest BCUT2D eigenvalue weighted by atomic mass is 9.92. The molecule has 0 bridgehead atoms. The first-order valence-electron chi connectivity index (χ1n) is 9.37. The summed E-state index contributed by atoms with van der Waals surface area (Å²) in [5, 5.41) is 14.9. The van der Waals surface area contributed by atoms with Crippen molar-refractivity contribution in [3.8, 4) is 0 Å². The highest BCUT2D eigenvalue weighted by Crippen LogP contribution is 2.21. The number of nitrogens with zero attached hydrogens (tertiary/aromatic N) is 3. The Balaban J connectivity index is 1.71. The van der Waals surface area contributed by atoms with Crippen LogP contribution in [0.5, 0.6) is 0 Å². The van der Waals surface area contributed by atoms with Gasteiger partial charge in [-0.3, -0.25) is 4.79 Å². The van der Waals surface area contributed by atoms with Gasteiger partial charge >= 0.3 is 0 Å². The van der Waals surface area contributed by atoms with Gasteiger partial charge in [-0.15, -0.1) is 5.10 Å². The van der Waals surface area contributed by atoms with Crippen molar-refractivity contribution in [3.05, 3.63) is 46.8 Å². The van der Waals surface area contributed by atoms with Crippen molar-refractivity contribution in [2.24, 2.45) is 0 Å². The molecule has 6 nitrogen and oxygen atoms in total. The first kappa shape index (κ1) is 18.6. The largest absolute Gasteiger partial charge is 0.345 e. The zero-order chi connectivity index (χ0) is 18.7. The van der Waals surface area contributed by atoms with Gasteiger partial charge in [-0.25, -0.2) is 4.68 Å². The summed E-state index contributed by atoms with van der Waals surface area (Å²) in [4.78, 5) is 12.8. The van der Waals surface area contributed by atoms with Crippen LogP contribution in [0.1, 0.15) is 60.0 Å². The van der Waals surface area contributed by atoms with E-state index in [1.165, 1.54) is 11.1 Å². The fourth-order valence-corrected chi connectivity index (χ4v) is 3.64. The number of aryl methyl sites for hydroxylation is 1. The quantitative estimate of drug-likeness (QED) is 0.865. The molecule has 2 heterocycles. The molecule has 0 radical (unpaired) electrons. The van der Waals surface area contributed by atoms with Gasteiger partial charge in [0.05, 0.1) is 11.7 Å². The normalized spacial score (nSPS) is 15.8. The summed E-state index contributed by atoms with van der Waals surface area (Å²) in [5.41, 5.74) is 3.40. The highest BCUT2D eigenvalue weighted by Gasteiger charge is 2.27. The highest BCUT2D eigenvalue weighted by atomic mass is 16.2. The molecule has 1 aliphatic heterocycles. The molecule has 2 N–H and O–H groups in total. The maximum Gasteiger partial charge on any atom is 0.274 e. The van der Waals surface area contributed by atoms with Crippen LogP contribution >= 0.6 is 0 Å². The van der Waals surface area contributed by atoms with Crippen LogP contribution in [0.2, 0.25) is 0 Å². The minimum Gasteiger partial charge on any atom is -0.345 e. The number of rotatable bonds is 5. The van der Waals surface area contributed by atoms with E-state index in [1.807, 2.05) is 37.6 Å². The van der Waals surface area contributed by atoms with Gasteiger partial charge in [0.15, 0.2) is 5.69 Å². The molecule has 1 saturated heterocycles. The second kappa shape index (κ2) is 7.58. The topological polar surface area (TPSA) is 71.8 Å². The Morgan fingerprint density at radius 2 is 1.96 bits per heavy atom. The predicted octanol–water partition coefficient (Wildman–Crippen LogP) is 2.57. The molecule has 140 valence electrons. The number of carbonyl (C=O) groups is 1. The molecule has 1 aromatic carbocycles. The third kappa shape index (κ3) is 4.12. The van der Waals surface area contributed by atoms with E-state index >= 15 is 0 Å². The second-order valence-corrected chi connectivity index (χ2v) is 7.89. The Hall–Kier alpha value is -2.21. The maximum absolute atomic E-state index is 12.8. The summed E-state index contributed by atoms with van der Waals surface area (Å²) < 4.78 is 1.92. The molecular weight excluding hydrogens is 326 g/mol. The number of carbonyl (C=O) groups excluding carboxylic acids is 1. The number of benzene rings is 1. The molecule has 1 aromatic heterocycles. The molecule has 0 aliphatic carbocycles. The summed E-state index contributed by atoms with van der Waals surface area (Å²) in [6.45, 7) is 10.1. The lowest BCUT2D eigenvalue weighted by molar-refractivity contribution is 0.0907. The van der Waals surface area contributed by atoms with Crippen LogP contribution < -0.4 is 10.6 Å². The Morgan fingerprint density at radius 1 is 1.27 bits per heavy atom. The molecule has 6 heteroatoms. The zero-order valence-electron chi connectivity index (χ0n) is 16.2. The summed E-state index contributed by atoms with van der Waals surface area (Å²) in [6.07, 6.45) is 2.81. The molecule has 26 heavy (non-hydrogen) atoms. The van der Waals surface area contributed by atoms with Gasteiger partial charge in [-0.1, -0.05) is 29.5 Å². The average molecular weight is 355 g/mol. The van der Waals surface area contributed by atoms with Crippen LogP contribution in [0.15, 0.2) is 24.3 Å². The number of nitrogens with one attached hydrogen (secondary N) is 2. The van der Waals surface area contributed by atoms with Gasteiger partial charge in [-0.05, 0) is 71.2 Å². The summed E-state index contributed by atoms with van der Waals surface area (Å²) in [5.74, 6) is -0.152. The van der Waals surface area contributed by atoms with Crippen molar-refractivity contribution >= 4 is 5.91 Å². The van der Waals surface area contributed by atoms with Crippen LogP contribution in [0.25, 0.3) is 0 Å². The van der Waals surface area contributed by atoms with Crippen molar-refractivity contribution in [1.29, 1.82) is 0 Å². The lowest BCUT2D eigenvalue weighted by Gasteiger charge is -2.27. The van der Waals surface area contributed by atoms with E-state index in [0.29, 0.717) is 11.7 Å². The van der Waals surface area contributed by atoms with Gasteiger partial charge in [0.2, 0.25) is 0 Å². The third-order valence-electron chi connectivity index (χ3n) is 5.14. The monoisotopic (exact) mass is 355 g/mol. The van der Waals surface area contributed by atoms with Gasteiger partial charge < -0.3 is 10.6 Å². The fraction of sp³-hybridized carbons (Fsp3) is 0.550. The summed E-state index contributed by atoms with van der Waals surface area (Å²) >= 11 is 0. The first-order chi connectivity index (χ1) is 12.4. The van der Waals surface area contributed by atoms with Gasteiger partial charge in [0.25, 0.3) is 5.91 Å². The molecule has 0 unspecified atom stereocenters. The van der Waals surface area contributed by atoms with E-state index in [9.17, 15) is 4.79 Å². The minimum absolute atomic E-state index is 0.152. The van der Waals surface area contributed by atoms with E-state index in [4.69, 9.17) is 0 Å². The number of aromatic nitrogens is 3. The predicted molar refractivity (Wildman–Crippen MR) is 102 cm³/mol. The number of hydrogen-bond acceptors (Lipinski definition) is 4.